The third kappa shape index (κ3) is 4.78. The van der Waals surface area contributed by atoms with E-state index in [0.29, 0.717) is 6.54 Å². The lowest BCUT2D eigenvalue weighted by molar-refractivity contribution is -0.142. The predicted octanol–water partition coefficient (Wildman–Crippen LogP) is 5.10. The first-order chi connectivity index (χ1) is 16.4. The second-order valence-electron chi connectivity index (χ2n) is 8.66. The third-order valence-corrected chi connectivity index (χ3v) is 7.55. The number of benzene rings is 2. The zero-order valence-electron chi connectivity index (χ0n) is 19.5. The van der Waals surface area contributed by atoms with Crippen molar-refractivity contribution in [2.45, 2.75) is 56.2 Å². The van der Waals surface area contributed by atoms with Crippen LogP contribution in [0.25, 0.3) is 0 Å². The van der Waals surface area contributed by atoms with Crippen LogP contribution in [0.1, 0.15) is 49.8 Å². The van der Waals surface area contributed by atoms with Crippen molar-refractivity contribution in [1.29, 1.82) is 0 Å². The van der Waals surface area contributed by atoms with E-state index >= 15 is 0 Å². The van der Waals surface area contributed by atoms with E-state index in [1.165, 1.54) is 0 Å². The lowest BCUT2D eigenvalue weighted by Gasteiger charge is -2.54. The minimum atomic E-state index is -0.980. The molecule has 1 fully saturated rings. The Balaban J connectivity index is 1.56. The summed E-state index contributed by atoms with van der Waals surface area (Å²) < 4.78 is 5.72. The molecule has 7 nitrogen and oxygen atoms in total. The maximum Gasteiger partial charge on any atom is 0.414 e. The number of hydrogen-bond donors (Lipinski definition) is 1. The van der Waals surface area contributed by atoms with Crippen LogP contribution in [-0.4, -0.2) is 46.8 Å². The monoisotopic (exact) mass is 482 g/mol. The molecular weight excluding hydrogens is 452 g/mol. The fraction of sp³-hybridized carbons (Fsp3) is 0.423. The summed E-state index contributed by atoms with van der Waals surface area (Å²) in [6, 6.07) is 15.4. The van der Waals surface area contributed by atoms with E-state index in [0.717, 1.165) is 34.6 Å². The first-order valence-electron chi connectivity index (χ1n) is 11.6. The molecule has 3 atom stereocenters. The van der Waals surface area contributed by atoms with E-state index < -0.39 is 5.97 Å². The Morgan fingerprint density at radius 1 is 1.09 bits per heavy atom. The molecule has 2 aliphatic rings. The largest absolute Gasteiger partial charge is 0.481 e. The molecule has 1 aliphatic carbocycles. The van der Waals surface area contributed by atoms with Gasteiger partial charge in [-0.2, -0.15) is 0 Å². The lowest BCUT2D eigenvalue weighted by atomic mass is 9.68. The van der Waals surface area contributed by atoms with Crippen LogP contribution in [0.3, 0.4) is 0 Å². The predicted molar refractivity (Wildman–Crippen MR) is 131 cm³/mol. The number of carbonyl (C=O) groups is 3. The second kappa shape index (κ2) is 10.5. The van der Waals surface area contributed by atoms with Gasteiger partial charge in [-0.3, -0.25) is 14.5 Å². The van der Waals surface area contributed by atoms with Gasteiger partial charge in [0.1, 0.15) is 6.61 Å². The van der Waals surface area contributed by atoms with Crippen molar-refractivity contribution in [2.24, 2.45) is 5.92 Å². The molecule has 2 aromatic rings. The quantitative estimate of drug-likeness (QED) is 0.527. The van der Waals surface area contributed by atoms with Crippen molar-refractivity contribution in [1.82, 2.24) is 4.90 Å². The lowest BCUT2D eigenvalue weighted by Crippen LogP contribution is -2.59. The van der Waals surface area contributed by atoms with Gasteiger partial charge in [-0.1, -0.05) is 30.3 Å². The smallest absolute Gasteiger partial charge is 0.414 e. The summed E-state index contributed by atoms with van der Waals surface area (Å²) in [6.45, 7) is 2.59. The number of thioether (sulfide) groups is 1. The minimum absolute atomic E-state index is 0.0275. The molecule has 180 valence electrons. The van der Waals surface area contributed by atoms with Gasteiger partial charge in [-0.15, -0.1) is 11.8 Å². The molecule has 1 saturated carbocycles. The molecule has 4 rings (SSSR count). The Labute approximate surface area is 204 Å². The molecule has 1 heterocycles. The molecular formula is C26H30N2O5S. The van der Waals surface area contributed by atoms with Crippen LogP contribution >= 0.6 is 11.8 Å². The normalized spacial score (nSPS) is 20.5. The Morgan fingerprint density at radius 3 is 2.44 bits per heavy atom. The molecule has 1 aliphatic heterocycles. The number of ether oxygens (including phenoxy) is 1. The first kappa shape index (κ1) is 24.1. The maximum atomic E-state index is 13.3. The molecule has 8 heteroatoms. The number of hydrogen-bond acceptors (Lipinski definition) is 5. The average Bonchev–Trinajstić information content (AvgIpc) is 2.83. The topological polar surface area (TPSA) is 87.2 Å². The average molecular weight is 483 g/mol. The standard InChI is InChI=1S/C26H30N2O5S/c1-3-27(23(29)14-15-24(30)31)25-19-6-4-5-7-21(19)28(22-13-12-20(22)25)26(32)33-16-17-8-10-18(34-2)11-9-17/h4-11,20,22,25H,3,12-16H2,1-2H3,(H,30,31). The zero-order valence-corrected chi connectivity index (χ0v) is 20.3. The van der Waals surface area contributed by atoms with Crippen molar-refractivity contribution in [3.63, 3.8) is 0 Å². The van der Waals surface area contributed by atoms with Gasteiger partial charge in [0.15, 0.2) is 0 Å². The zero-order chi connectivity index (χ0) is 24.2. The van der Waals surface area contributed by atoms with E-state index in [-0.39, 0.29) is 49.5 Å². The minimum Gasteiger partial charge on any atom is -0.481 e. The number of carboxylic acid groups (broad SMARTS) is 1. The van der Waals surface area contributed by atoms with Gasteiger partial charge in [0.2, 0.25) is 5.91 Å². The van der Waals surface area contributed by atoms with E-state index in [9.17, 15) is 14.4 Å². The van der Waals surface area contributed by atoms with Crippen LogP contribution in [0.15, 0.2) is 53.4 Å². The highest BCUT2D eigenvalue weighted by Gasteiger charge is 2.51. The molecule has 0 bridgehead atoms. The van der Waals surface area contributed by atoms with Crippen molar-refractivity contribution in [3.8, 4) is 0 Å². The maximum absolute atomic E-state index is 13.3. The Hall–Kier alpha value is -3.00. The molecule has 0 radical (unpaired) electrons. The highest BCUT2D eigenvalue weighted by molar-refractivity contribution is 7.98. The summed E-state index contributed by atoms with van der Waals surface area (Å²) in [7, 11) is 0. The number of para-hydroxylation sites is 1. The number of fused-ring (bicyclic) bond motifs is 2. The van der Waals surface area contributed by atoms with Gasteiger partial charge in [0.05, 0.1) is 18.2 Å². The Bertz CT molecular complexity index is 1060. The fourth-order valence-corrected chi connectivity index (χ4v) is 5.43. The van der Waals surface area contributed by atoms with E-state index in [2.05, 4.69) is 0 Å². The van der Waals surface area contributed by atoms with E-state index in [4.69, 9.17) is 9.84 Å². The van der Waals surface area contributed by atoms with Crippen LogP contribution in [0.2, 0.25) is 0 Å². The number of carbonyl (C=O) groups excluding carboxylic acids is 2. The van der Waals surface area contributed by atoms with Crippen LogP contribution in [-0.2, 0) is 20.9 Å². The molecule has 2 amide bonds. The number of amides is 2. The number of carboxylic acids is 1. The van der Waals surface area contributed by atoms with Gasteiger partial charge >= 0.3 is 12.1 Å². The summed E-state index contributed by atoms with van der Waals surface area (Å²) >= 11 is 1.66. The highest BCUT2D eigenvalue weighted by atomic mass is 32.2. The van der Waals surface area contributed by atoms with Crippen LogP contribution in [0.4, 0.5) is 10.5 Å². The van der Waals surface area contributed by atoms with Crippen LogP contribution in [0, 0.1) is 5.92 Å². The van der Waals surface area contributed by atoms with Crippen LogP contribution in [0.5, 0.6) is 0 Å². The first-order valence-corrected chi connectivity index (χ1v) is 12.9. The van der Waals surface area contributed by atoms with Gasteiger partial charge in [0.25, 0.3) is 0 Å². The summed E-state index contributed by atoms with van der Waals surface area (Å²) in [5, 5.41) is 9.02. The van der Waals surface area contributed by atoms with Gasteiger partial charge < -0.3 is 14.7 Å². The SMILES string of the molecule is CCN(C(=O)CCC(=O)O)C1c2ccccc2N(C(=O)OCc2ccc(SC)cc2)C2CCC12. The molecule has 0 spiro atoms. The number of rotatable bonds is 8. The van der Waals surface area contributed by atoms with Crippen LogP contribution < -0.4 is 4.90 Å². The molecule has 34 heavy (non-hydrogen) atoms. The molecule has 3 unspecified atom stereocenters. The van der Waals surface area contributed by atoms with Gasteiger partial charge in [-0.05, 0) is 55.3 Å². The Morgan fingerprint density at radius 2 is 1.82 bits per heavy atom. The molecule has 1 N–H and O–H groups in total. The Kier molecular flexibility index (Phi) is 7.46. The van der Waals surface area contributed by atoms with Gasteiger partial charge in [-0.25, -0.2) is 4.79 Å². The van der Waals surface area contributed by atoms with Gasteiger partial charge in [0, 0.05) is 29.8 Å². The van der Waals surface area contributed by atoms with Crippen molar-refractivity contribution >= 4 is 35.4 Å². The summed E-state index contributed by atoms with van der Waals surface area (Å²) in [5.41, 5.74) is 2.61. The summed E-state index contributed by atoms with van der Waals surface area (Å²) in [6.07, 6.45) is 3.16. The third-order valence-electron chi connectivity index (χ3n) is 6.81. The van der Waals surface area contributed by atoms with E-state index in [1.807, 2.05) is 61.7 Å². The summed E-state index contributed by atoms with van der Waals surface area (Å²) in [5.74, 6) is -1.05. The highest BCUT2D eigenvalue weighted by Crippen LogP contribution is 2.52. The summed E-state index contributed by atoms with van der Waals surface area (Å²) in [4.78, 5) is 41.9. The number of nitrogens with zero attached hydrogens (tertiary/aromatic N) is 2. The number of aliphatic carboxylic acids is 1. The van der Waals surface area contributed by atoms with Crippen molar-refractivity contribution < 1.29 is 24.2 Å². The molecule has 0 saturated heterocycles. The van der Waals surface area contributed by atoms with Crippen molar-refractivity contribution in [3.05, 3.63) is 59.7 Å². The second-order valence-corrected chi connectivity index (χ2v) is 9.54. The molecule has 2 aromatic carbocycles. The number of anilines is 1. The molecule has 0 aromatic heterocycles. The van der Waals surface area contributed by atoms with E-state index in [1.54, 1.807) is 21.6 Å². The van der Waals surface area contributed by atoms with Crippen molar-refractivity contribution in [2.75, 3.05) is 17.7 Å². The fourth-order valence-electron chi connectivity index (χ4n) is 5.02.